The largest absolute Gasteiger partial charge is 0.244 e. The van der Waals surface area contributed by atoms with E-state index in [0.29, 0.717) is 6.54 Å². The molecule has 1 aliphatic carbocycles. The second kappa shape index (κ2) is 5.60. The van der Waals surface area contributed by atoms with Gasteiger partial charge in [0.1, 0.15) is 6.07 Å². The van der Waals surface area contributed by atoms with Gasteiger partial charge in [-0.2, -0.15) is 9.57 Å². The van der Waals surface area contributed by atoms with Gasteiger partial charge in [-0.25, -0.2) is 8.42 Å². The van der Waals surface area contributed by atoms with Gasteiger partial charge in [-0.05, 0) is 36.4 Å². The summed E-state index contributed by atoms with van der Waals surface area (Å²) in [6.07, 6.45) is 1.78. The molecule has 0 radical (unpaired) electrons. The van der Waals surface area contributed by atoms with Crippen molar-refractivity contribution in [1.29, 1.82) is 5.26 Å². The molecule has 0 spiro atoms. The standard InChI is InChI=1S/C15H14N2O2S2/c16-10-12-4-1-2-6-15(12)21(18,19)17(13-7-8-13)11-14-5-3-9-20-14/h1-6,9,13H,7-8,11H2. The Bertz CT molecular complexity index is 772. The number of hydrogen-bond acceptors (Lipinski definition) is 4. The molecule has 0 amide bonds. The van der Waals surface area contributed by atoms with Gasteiger partial charge < -0.3 is 0 Å². The highest BCUT2D eigenvalue weighted by Crippen LogP contribution is 2.34. The average Bonchev–Trinajstić information content (AvgIpc) is 3.20. The summed E-state index contributed by atoms with van der Waals surface area (Å²) in [6.45, 7) is 0.379. The number of rotatable bonds is 5. The maximum absolute atomic E-state index is 12.9. The smallest absolute Gasteiger partial charge is 0.207 e. The Morgan fingerprint density at radius 1 is 1.24 bits per heavy atom. The van der Waals surface area contributed by atoms with Crippen molar-refractivity contribution in [2.45, 2.75) is 30.3 Å². The summed E-state index contributed by atoms with van der Waals surface area (Å²) in [4.78, 5) is 1.12. The molecule has 2 aromatic rings. The monoisotopic (exact) mass is 318 g/mol. The van der Waals surface area contributed by atoms with Crippen LogP contribution in [0.15, 0.2) is 46.7 Å². The van der Waals surface area contributed by atoms with Crippen LogP contribution < -0.4 is 0 Å². The Balaban J connectivity index is 2.00. The first kappa shape index (κ1) is 14.3. The third-order valence-corrected chi connectivity index (χ3v) is 6.26. The summed E-state index contributed by atoms with van der Waals surface area (Å²) in [5.41, 5.74) is 0.203. The molecule has 1 aromatic heterocycles. The summed E-state index contributed by atoms with van der Waals surface area (Å²) >= 11 is 1.55. The van der Waals surface area contributed by atoms with Gasteiger partial charge in [0.2, 0.25) is 10.0 Å². The number of thiophene rings is 1. The molecular weight excluding hydrogens is 304 g/mol. The van der Waals surface area contributed by atoms with Gasteiger partial charge in [0.05, 0.1) is 10.5 Å². The first-order valence-corrected chi connectivity index (χ1v) is 8.98. The highest BCUT2D eigenvalue weighted by molar-refractivity contribution is 7.89. The maximum Gasteiger partial charge on any atom is 0.244 e. The molecule has 1 fully saturated rings. The van der Waals surface area contributed by atoms with Crippen LogP contribution in [0.4, 0.5) is 0 Å². The van der Waals surface area contributed by atoms with Crippen molar-refractivity contribution in [3.63, 3.8) is 0 Å². The molecular formula is C15H14N2O2S2. The molecule has 21 heavy (non-hydrogen) atoms. The van der Waals surface area contributed by atoms with Crippen molar-refractivity contribution in [3.05, 3.63) is 52.2 Å². The van der Waals surface area contributed by atoms with E-state index < -0.39 is 10.0 Å². The number of sulfonamides is 1. The van der Waals surface area contributed by atoms with Crippen LogP contribution >= 0.6 is 11.3 Å². The molecule has 1 aliphatic rings. The first-order chi connectivity index (χ1) is 10.1. The Labute approximate surface area is 128 Å². The summed E-state index contributed by atoms with van der Waals surface area (Å²) in [5.74, 6) is 0. The van der Waals surface area contributed by atoms with Gasteiger partial charge in [-0.1, -0.05) is 18.2 Å². The lowest BCUT2D eigenvalue weighted by molar-refractivity contribution is 0.401. The minimum absolute atomic E-state index is 0.0591. The van der Waals surface area contributed by atoms with Crippen LogP contribution in [0.2, 0.25) is 0 Å². The Kier molecular flexibility index (Phi) is 3.81. The molecule has 1 aromatic carbocycles. The topological polar surface area (TPSA) is 61.2 Å². The first-order valence-electron chi connectivity index (χ1n) is 6.66. The van der Waals surface area contributed by atoms with Crippen LogP contribution in [0.1, 0.15) is 23.3 Å². The van der Waals surface area contributed by atoms with Crippen molar-refractivity contribution in [3.8, 4) is 6.07 Å². The molecule has 6 heteroatoms. The van der Waals surface area contributed by atoms with E-state index in [4.69, 9.17) is 5.26 Å². The lowest BCUT2D eigenvalue weighted by atomic mass is 10.2. The molecule has 1 saturated carbocycles. The molecule has 0 unspecified atom stereocenters. The molecule has 1 heterocycles. The minimum atomic E-state index is -3.64. The minimum Gasteiger partial charge on any atom is -0.207 e. The summed E-state index contributed by atoms with van der Waals surface area (Å²) in [5, 5.41) is 11.1. The van der Waals surface area contributed by atoms with E-state index in [1.54, 1.807) is 29.5 Å². The van der Waals surface area contributed by atoms with E-state index in [2.05, 4.69) is 0 Å². The second-order valence-electron chi connectivity index (χ2n) is 4.97. The van der Waals surface area contributed by atoms with Crippen LogP contribution in [0, 0.1) is 11.3 Å². The van der Waals surface area contributed by atoms with E-state index in [1.807, 2.05) is 23.6 Å². The van der Waals surface area contributed by atoms with E-state index in [0.717, 1.165) is 17.7 Å². The fourth-order valence-electron chi connectivity index (χ4n) is 2.24. The third-order valence-electron chi connectivity index (χ3n) is 3.44. The maximum atomic E-state index is 12.9. The number of nitrogens with zero attached hydrogens (tertiary/aromatic N) is 2. The van der Waals surface area contributed by atoms with Crippen molar-refractivity contribution in [2.24, 2.45) is 0 Å². The molecule has 0 saturated heterocycles. The van der Waals surface area contributed by atoms with Gasteiger partial charge in [-0.3, -0.25) is 0 Å². The van der Waals surface area contributed by atoms with Crippen molar-refractivity contribution in [2.75, 3.05) is 0 Å². The fraction of sp³-hybridized carbons (Fsp3) is 0.267. The van der Waals surface area contributed by atoms with Gasteiger partial charge >= 0.3 is 0 Å². The Morgan fingerprint density at radius 2 is 2.00 bits per heavy atom. The van der Waals surface area contributed by atoms with Crippen molar-refractivity contribution in [1.82, 2.24) is 4.31 Å². The zero-order valence-corrected chi connectivity index (χ0v) is 12.9. The highest BCUT2D eigenvalue weighted by Gasteiger charge is 2.39. The van der Waals surface area contributed by atoms with Gasteiger partial charge in [0.25, 0.3) is 0 Å². The molecule has 0 aliphatic heterocycles. The van der Waals surface area contributed by atoms with Gasteiger partial charge in [-0.15, -0.1) is 11.3 Å². The normalized spacial score (nSPS) is 15.0. The lowest BCUT2D eigenvalue weighted by Gasteiger charge is -2.21. The van der Waals surface area contributed by atoms with E-state index in [1.165, 1.54) is 10.4 Å². The molecule has 0 bridgehead atoms. The van der Waals surface area contributed by atoms with Crippen LogP contribution in [-0.4, -0.2) is 18.8 Å². The molecule has 0 atom stereocenters. The SMILES string of the molecule is N#Cc1ccccc1S(=O)(=O)N(Cc1cccs1)C1CC1. The number of nitriles is 1. The van der Waals surface area contributed by atoms with Gasteiger partial charge in [0, 0.05) is 17.5 Å². The van der Waals surface area contributed by atoms with E-state index in [9.17, 15) is 8.42 Å². The second-order valence-corrected chi connectivity index (χ2v) is 7.86. The van der Waals surface area contributed by atoms with E-state index in [-0.39, 0.29) is 16.5 Å². The summed E-state index contributed by atoms with van der Waals surface area (Å²) in [6, 6.07) is 12.3. The summed E-state index contributed by atoms with van der Waals surface area (Å²) in [7, 11) is -3.64. The Hall–Kier alpha value is -1.68. The number of benzene rings is 1. The highest BCUT2D eigenvalue weighted by atomic mass is 32.2. The van der Waals surface area contributed by atoms with E-state index >= 15 is 0 Å². The van der Waals surface area contributed by atoms with Crippen LogP contribution in [0.25, 0.3) is 0 Å². The predicted molar refractivity (Wildman–Crippen MR) is 81.2 cm³/mol. The Morgan fingerprint density at radius 3 is 2.62 bits per heavy atom. The fourth-order valence-corrected chi connectivity index (χ4v) is 4.83. The van der Waals surface area contributed by atoms with Crippen molar-refractivity contribution < 1.29 is 8.42 Å². The summed E-state index contributed by atoms with van der Waals surface area (Å²) < 4.78 is 27.3. The van der Waals surface area contributed by atoms with Crippen molar-refractivity contribution >= 4 is 21.4 Å². The van der Waals surface area contributed by atoms with Crippen LogP contribution in [0.3, 0.4) is 0 Å². The number of hydrogen-bond donors (Lipinski definition) is 0. The zero-order chi connectivity index (χ0) is 14.9. The van der Waals surface area contributed by atoms with Gasteiger partial charge in [0.15, 0.2) is 0 Å². The molecule has 0 N–H and O–H groups in total. The lowest BCUT2D eigenvalue weighted by Crippen LogP contribution is -2.32. The molecule has 4 nitrogen and oxygen atoms in total. The molecule has 3 rings (SSSR count). The quantitative estimate of drug-likeness (QED) is 0.851. The predicted octanol–water partition coefficient (Wildman–Crippen LogP) is 2.97. The zero-order valence-electron chi connectivity index (χ0n) is 11.3. The van der Waals surface area contributed by atoms with Crippen LogP contribution in [-0.2, 0) is 16.6 Å². The van der Waals surface area contributed by atoms with Crippen LogP contribution in [0.5, 0.6) is 0 Å². The third kappa shape index (κ3) is 2.86. The average molecular weight is 318 g/mol. The molecule has 108 valence electrons.